The summed E-state index contributed by atoms with van der Waals surface area (Å²) in [6.45, 7) is 15.7. The minimum absolute atomic E-state index is 0. The number of aliphatic carboxylic acids is 2. The third kappa shape index (κ3) is 6.95. The quantitative estimate of drug-likeness (QED) is 0.253. The third-order valence-electron chi connectivity index (χ3n) is 5.81. The predicted molar refractivity (Wildman–Crippen MR) is 162 cm³/mol. The van der Waals surface area contributed by atoms with Gasteiger partial charge in [-0.1, -0.05) is 46.4 Å². The molecule has 0 spiro atoms. The zero-order chi connectivity index (χ0) is 30.3. The molecule has 0 amide bonds. The Labute approximate surface area is 269 Å². The number of para-hydroxylation sites is 2. The van der Waals surface area contributed by atoms with E-state index in [-0.39, 0.29) is 43.9 Å². The van der Waals surface area contributed by atoms with Gasteiger partial charge in [0.2, 0.25) is 0 Å². The number of benzene rings is 1. The van der Waals surface area contributed by atoms with Gasteiger partial charge in [-0.05, 0) is 35.9 Å². The molecule has 0 saturated heterocycles. The number of rotatable bonds is 2. The van der Waals surface area contributed by atoms with E-state index in [1.54, 1.807) is 24.2 Å². The van der Waals surface area contributed by atoms with Crippen LogP contribution in [0.2, 0.25) is 0 Å². The van der Waals surface area contributed by atoms with Crippen LogP contribution in [0.1, 0.15) is 50.3 Å². The second kappa shape index (κ2) is 15.1. The molecule has 0 aliphatic carbocycles. The SMILES string of the molecule is C=C1[N-]C=C(C(=O)O)c2nc3ncccc3cc21.C=C1c2nc3ccccc3nc2C(C(=O)O)=CN1C.CC.CC.[Y]. The largest absolute Gasteiger partial charge is 0.663 e. The fraction of sp³-hybridized carbons (Fsp3) is 0.161. The number of carbonyl (C=O) groups is 2. The molecule has 0 bridgehead atoms. The molecule has 1 radical (unpaired) electrons. The van der Waals surface area contributed by atoms with E-state index in [1.807, 2.05) is 64.1 Å². The topological polar surface area (TPSA) is 144 Å². The first-order valence-electron chi connectivity index (χ1n) is 13.0. The summed E-state index contributed by atoms with van der Waals surface area (Å²) in [5, 5.41) is 23.2. The van der Waals surface area contributed by atoms with E-state index in [1.165, 1.54) is 12.4 Å². The van der Waals surface area contributed by atoms with Gasteiger partial charge < -0.3 is 20.4 Å². The monoisotopic (exact) mass is 640 g/mol. The van der Waals surface area contributed by atoms with Gasteiger partial charge in [-0.2, -0.15) is 6.20 Å². The Morgan fingerprint density at radius 3 is 2.02 bits per heavy atom. The zero-order valence-corrected chi connectivity index (χ0v) is 27.0. The summed E-state index contributed by atoms with van der Waals surface area (Å²) in [5.41, 5.74) is 5.13. The van der Waals surface area contributed by atoms with Gasteiger partial charge in [0.05, 0.1) is 28.0 Å². The van der Waals surface area contributed by atoms with Crippen molar-refractivity contribution < 1.29 is 52.5 Å². The van der Waals surface area contributed by atoms with Crippen molar-refractivity contribution in [3.8, 4) is 0 Å². The molecule has 2 aliphatic heterocycles. The van der Waals surface area contributed by atoms with Crippen LogP contribution in [-0.2, 0) is 42.3 Å². The van der Waals surface area contributed by atoms with Crippen molar-refractivity contribution in [3.05, 3.63) is 102 Å². The van der Waals surface area contributed by atoms with Crippen molar-refractivity contribution in [1.29, 1.82) is 0 Å². The number of pyridine rings is 2. The van der Waals surface area contributed by atoms with Crippen LogP contribution < -0.4 is 0 Å². The maximum absolute atomic E-state index is 11.3. The van der Waals surface area contributed by atoms with E-state index < -0.39 is 11.9 Å². The van der Waals surface area contributed by atoms with Gasteiger partial charge in [-0.25, -0.2) is 29.5 Å². The van der Waals surface area contributed by atoms with E-state index in [0.29, 0.717) is 45.2 Å². The van der Waals surface area contributed by atoms with Crippen LogP contribution >= 0.6 is 0 Å². The standard InChI is InChI=1S/C14H11N3O2.C13H9N3O2.2C2H6.Y/c1-8-12-13(9(14(18)19)7-17(8)2)16-11-6-4-3-5-10(11)15-12;1-7-9-5-8-3-2-4-14-12(8)16-11(9)10(6-15-7)13(17)18;2*1-2;/h3-7H,1H2,2H3,(H,18,19);2-6H,1H2,(H2,14,15,16,17,18);2*1-2H3;/p-1. The van der Waals surface area contributed by atoms with E-state index in [4.69, 9.17) is 5.11 Å². The van der Waals surface area contributed by atoms with E-state index in [2.05, 4.69) is 38.4 Å². The summed E-state index contributed by atoms with van der Waals surface area (Å²) in [5.74, 6) is -2.08. The van der Waals surface area contributed by atoms with Crippen molar-refractivity contribution in [1.82, 2.24) is 24.8 Å². The molecule has 1 aromatic carbocycles. The Balaban J connectivity index is 0.000000257. The number of carboxylic acid groups (broad SMARTS) is 2. The third-order valence-corrected chi connectivity index (χ3v) is 5.81. The van der Waals surface area contributed by atoms with Crippen molar-refractivity contribution >= 4 is 56.5 Å². The number of hydrogen-bond acceptors (Lipinski definition) is 7. The normalized spacial score (nSPS) is 12.6. The summed E-state index contributed by atoms with van der Waals surface area (Å²) in [4.78, 5) is 41.4. The predicted octanol–water partition coefficient (Wildman–Crippen LogP) is 6.43. The summed E-state index contributed by atoms with van der Waals surface area (Å²) in [6, 6.07) is 12.8. The van der Waals surface area contributed by atoms with Gasteiger partial charge in [-0.3, -0.25) is 0 Å². The molecular formula is C31H31N6O4Y-. The van der Waals surface area contributed by atoms with Crippen molar-refractivity contribution in [2.75, 3.05) is 7.05 Å². The smallest absolute Gasteiger partial charge is 0.339 e. The van der Waals surface area contributed by atoms with Crippen LogP contribution in [0.15, 0.2) is 74.2 Å². The Bertz CT molecular complexity index is 1730. The second-order valence-corrected chi connectivity index (χ2v) is 8.17. The first kappa shape index (κ1) is 33.9. The van der Waals surface area contributed by atoms with Crippen LogP contribution in [0.25, 0.3) is 49.9 Å². The Hall–Kier alpha value is -4.28. The summed E-state index contributed by atoms with van der Waals surface area (Å²) < 4.78 is 0. The maximum Gasteiger partial charge on any atom is 0.339 e. The Morgan fingerprint density at radius 1 is 0.833 bits per heavy atom. The first-order chi connectivity index (χ1) is 19.7. The van der Waals surface area contributed by atoms with Gasteiger partial charge in [0.1, 0.15) is 17.0 Å². The molecular weight excluding hydrogens is 609 g/mol. The van der Waals surface area contributed by atoms with Crippen LogP contribution in [0.4, 0.5) is 0 Å². The molecule has 6 rings (SSSR count). The minimum atomic E-state index is -1.06. The summed E-state index contributed by atoms with van der Waals surface area (Å²) in [7, 11) is 1.74. The molecule has 2 N–H and O–H groups in total. The van der Waals surface area contributed by atoms with Crippen molar-refractivity contribution in [2.24, 2.45) is 0 Å². The molecule has 42 heavy (non-hydrogen) atoms. The van der Waals surface area contributed by atoms with E-state index in [9.17, 15) is 14.7 Å². The molecule has 0 atom stereocenters. The van der Waals surface area contributed by atoms with Crippen LogP contribution in [0.5, 0.6) is 0 Å². The van der Waals surface area contributed by atoms with Crippen molar-refractivity contribution in [2.45, 2.75) is 27.7 Å². The number of aromatic nitrogens is 4. The van der Waals surface area contributed by atoms with Crippen LogP contribution in [-0.4, -0.2) is 54.0 Å². The van der Waals surface area contributed by atoms with Gasteiger partial charge >= 0.3 is 11.9 Å². The van der Waals surface area contributed by atoms with E-state index in [0.717, 1.165) is 10.9 Å². The number of hydrogen-bond donors (Lipinski definition) is 2. The molecule has 0 fully saturated rings. The Kier molecular flexibility index (Phi) is 12.2. The maximum atomic E-state index is 11.3. The van der Waals surface area contributed by atoms with Gasteiger partial charge in [-0.15, -0.1) is 12.3 Å². The minimum Gasteiger partial charge on any atom is -0.663 e. The van der Waals surface area contributed by atoms with Gasteiger partial charge in [0.15, 0.2) is 5.65 Å². The second-order valence-electron chi connectivity index (χ2n) is 8.17. The Morgan fingerprint density at radius 2 is 1.43 bits per heavy atom. The molecule has 10 nitrogen and oxygen atoms in total. The van der Waals surface area contributed by atoms with Crippen LogP contribution in [0.3, 0.4) is 0 Å². The van der Waals surface area contributed by atoms with Crippen molar-refractivity contribution in [3.63, 3.8) is 0 Å². The molecule has 0 unspecified atom stereocenters. The summed E-state index contributed by atoms with van der Waals surface area (Å²) >= 11 is 0. The fourth-order valence-electron chi connectivity index (χ4n) is 3.91. The number of nitrogens with zero attached hydrogens (tertiary/aromatic N) is 6. The molecule has 11 heteroatoms. The molecule has 2 aliphatic rings. The molecule has 213 valence electrons. The molecule has 5 heterocycles. The summed E-state index contributed by atoms with van der Waals surface area (Å²) in [6.07, 6.45) is 4.40. The zero-order valence-electron chi connectivity index (χ0n) is 24.2. The van der Waals surface area contributed by atoms with Gasteiger partial charge in [0, 0.05) is 57.5 Å². The first-order valence-corrected chi connectivity index (χ1v) is 13.0. The fourth-order valence-corrected chi connectivity index (χ4v) is 3.91. The number of carboxylic acids is 2. The van der Waals surface area contributed by atoms with Gasteiger partial charge in [0.25, 0.3) is 0 Å². The molecule has 0 saturated carbocycles. The average Bonchev–Trinajstić information content (AvgIpc) is 2.99. The molecule has 4 aromatic rings. The van der Waals surface area contributed by atoms with Crippen LogP contribution in [0, 0.1) is 0 Å². The van der Waals surface area contributed by atoms with E-state index >= 15 is 0 Å². The molecule has 3 aromatic heterocycles. The average molecular weight is 641 g/mol. The number of fused-ring (bicyclic) bond motifs is 4.